The van der Waals surface area contributed by atoms with Crippen LogP contribution in [0.3, 0.4) is 0 Å². The van der Waals surface area contributed by atoms with Crippen molar-refractivity contribution in [2.45, 2.75) is 26.3 Å². The molecule has 2 N–H and O–H groups in total. The lowest BCUT2D eigenvalue weighted by Gasteiger charge is -2.32. The summed E-state index contributed by atoms with van der Waals surface area (Å²) >= 11 is 0. The van der Waals surface area contributed by atoms with E-state index in [4.69, 9.17) is 0 Å². The molecular weight excluding hydrogens is 296 g/mol. The zero-order chi connectivity index (χ0) is 16.7. The predicted molar refractivity (Wildman–Crippen MR) is 89.4 cm³/mol. The maximum atomic E-state index is 12.4. The number of quaternary nitrogens is 1. The summed E-state index contributed by atoms with van der Waals surface area (Å²) in [6.45, 7) is 8.05. The second kappa shape index (κ2) is 5.84. The second-order valence-corrected chi connectivity index (χ2v) is 6.47. The summed E-state index contributed by atoms with van der Waals surface area (Å²) in [5, 5.41) is 0. The average Bonchev–Trinajstić information content (AvgIpc) is 2.94. The summed E-state index contributed by atoms with van der Waals surface area (Å²) in [4.78, 5) is 35.1. The van der Waals surface area contributed by atoms with E-state index in [1.54, 1.807) is 7.05 Å². The van der Waals surface area contributed by atoms with E-state index in [1.165, 1.54) is 9.47 Å². The van der Waals surface area contributed by atoms with Crippen LogP contribution in [0.15, 0.2) is 9.59 Å². The molecule has 126 valence electrons. The van der Waals surface area contributed by atoms with Crippen LogP contribution in [0.2, 0.25) is 0 Å². The zero-order valence-electron chi connectivity index (χ0n) is 14.2. The van der Waals surface area contributed by atoms with Gasteiger partial charge < -0.3 is 14.4 Å². The van der Waals surface area contributed by atoms with Gasteiger partial charge in [-0.05, 0) is 13.3 Å². The fourth-order valence-electron chi connectivity index (χ4n) is 3.10. The number of piperazine rings is 1. The molecule has 1 fully saturated rings. The number of rotatable bonds is 3. The van der Waals surface area contributed by atoms with E-state index in [0.29, 0.717) is 11.2 Å². The summed E-state index contributed by atoms with van der Waals surface area (Å²) in [7, 11) is 3.83. The topological polar surface area (TPSA) is 80.4 Å². The lowest BCUT2D eigenvalue weighted by molar-refractivity contribution is -0.880. The Morgan fingerprint density at radius 1 is 1.30 bits per heavy atom. The van der Waals surface area contributed by atoms with E-state index in [9.17, 15) is 9.59 Å². The van der Waals surface area contributed by atoms with Gasteiger partial charge in [0.05, 0.1) is 33.2 Å². The number of aromatic amines is 1. The maximum Gasteiger partial charge on any atom is 0.329 e. The first-order chi connectivity index (χ1) is 10.9. The molecule has 0 amide bonds. The van der Waals surface area contributed by atoms with Crippen LogP contribution in [0.5, 0.6) is 0 Å². The number of likely N-dealkylation sites (N-methyl/N-ethyl adjacent to an activating group) is 1. The molecule has 0 bridgehead atoms. The van der Waals surface area contributed by atoms with Crippen molar-refractivity contribution in [1.29, 1.82) is 0 Å². The summed E-state index contributed by atoms with van der Waals surface area (Å²) in [5.41, 5.74) is 0.163. The van der Waals surface area contributed by atoms with E-state index in [1.807, 2.05) is 4.57 Å². The largest absolute Gasteiger partial charge is 0.334 e. The van der Waals surface area contributed by atoms with Crippen molar-refractivity contribution >= 4 is 17.1 Å². The number of aryl methyl sites for hydroxylation is 1. The Kier molecular flexibility index (Phi) is 4.01. The van der Waals surface area contributed by atoms with Crippen LogP contribution in [0.4, 0.5) is 5.95 Å². The third-order valence-electron chi connectivity index (χ3n) is 4.86. The molecule has 0 saturated carbocycles. The van der Waals surface area contributed by atoms with Crippen LogP contribution in [-0.2, 0) is 7.05 Å². The van der Waals surface area contributed by atoms with E-state index < -0.39 is 5.69 Å². The first-order valence-electron chi connectivity index (χ1n) is 8.21. The highest BCUT2D eigenvalue weighted by atomic mass is 16.2. The predicted octanol–water partition coefficient (Wildman–Crippen LogP) is -1.27. The minimum atomic E-state index is -0.425. The van der Waals surface area contributed by atoms with Crippen molar-refractivity contribution in [2.24, 2.45) is 7.05 Å². The van der Waals surface area contributed by atoms with E-state index in [0.717, 1.165) is 38.5 Å². The first-order valence-corrected chi connectivity index (χ1v) is 8.21. The second-order valence-electron chi connectivity index (χ2n) is 6.47. The van der Waals surface area contributed by atoms with E-state index in [2.05, 4.69) is 35.8 Å². The zero-order valence-corrected chi connectivity index (χ0v) is 14.2. The number of nitrogens with zero attached hydrogens (tertiary/aromatic N) is 4. The molecule has 0 aliphatic carbocycles. The quantitative estimate of drug-likeness (QED) is 0.739. The van der Waals surface area contributed by atoms with Gasteiger partial charge in [-0.25, -0.2) is 4.79 Å². The summed E-state index contributed by atoms with van der Waals surface area (Å²) in [5.74, 6) is 0.800. The van der Waals surface area contributed by atoms with Crippen molar-refractivity contribution in [2.75, 3.05) is 38.1 Å². The minimum absolute atomic E-state index is 0.139. The van der Waals surface area contributed by atoms with E-state index in [-0.39, 0.29) is 11.6 Å². The molecule has 1 saturated heterocycles. The Morgan fingerprint density at radius 3 is 2.57 bits per heavy atom. The Labute approximate surface area is 134 Å². The third kappa shape index (κ3) is 2.56. The SMILES string of the molecule is CC[C@@H](C)n1c(N2CC[NH+](C)CC2)nc2c1c(=O)[nH]c(=O)n2C. The van der Waals surface area contributed by atoms with Crippen molar-refractivity contribution in [3.63, 3.8) is 0 Å². The Morgan fingerprint density at radius 2 is 1.96 bits per heavy atom. The highest BCUT2D eigenvalue weighted by molar-refractivity contribution is 5.74. The van der Waals surface area contributed by atoms with Gasteiger partial charge in [-0.3, -0.25) is 14.3 Å². The van der Waals surface area contributed by atoms with Crippen LogP contribution in [0, 0.1) is 0 Å². The van der Waals surface area contributed by atoms with Gasteiger partial charge in [0.2, 0.25) is 5.95 Å². The molecule has 23 heavy (non-hydrogen) atoms. The Hall–Kier alpha value is -2.09. The van der Waals surface area contributed by atoms with Crippen molar-refractivity contribution < 1.29 is 4.90 Å². The summed E-state index contributed by atoms with van der Waals surface area (Å²) in [6.07, 6.45) is 0.889. The number of aromatic nitrogens is 4. The number of H-pyrrole nitrogens is 1. The molecule has 1 aliphatic heterocycles. The molecular formula is C15H25N6O2+. The lowest BCUT2D eigenvalue weighted by atomic mass is 10.2. The van der Waals surface area contributed by atoms with Gasteiger partial charge in [-0.15, -0.1) is 0 Å². The number of fused-ring (bicyclic) bond motifs is 1. The van der Waals surface area contributed by atoms with Crippen LogP contribution in [-0.4, -0.2) is 52.3 Å². The van der Waals surface area contributed by atoms with E-state index >= 15 is 0 Å². The van der Waals surface area contributed by atoms with Crippen LogP contribution >= 0.6 is 0 Å². The van der Waals surface area contributed by atoms with Gasteiger partial charge in [0.15, 0.2) is 11.2 Å². The Balaban J connectivity index is 2.24. The number of hydrogen-bond acceptors (Lipinski definition) is 4. The highest BCUT2D eigenvalue weighted by Crippen LogP contribution is 2.25. The molecule has 2 aromatic rings. The summed E-state index contributed by atoms with van der Waals surface area (Å²) < 4.78 is 3.41. The monoisotopic (exact) mass is 321 g/mol. The van der Waals surface area contributed by atoms with Crippen molar-refractivity contribution in [3.05, 3.63) is 20.8 Å². The lowest BCUT2D eigenvalue weighted by Crippen LogP contribution is -3.12. The van der Waals surface area contributed by atoms with Gasteiger partial charge in [-0.2, -0.15) is 4.98 Å². The standard InChI is InChI=1S/C15H24N6O2/c1-5-10(2)21-11-12(19(4)15(23)17-13(11)22)16-14(21)20-8-6-18(3)7-9-20/h10H,5-9H2,1-4H3,(H,17,22,23)/p+1/t10-/m1/s1. The molecule has 1 aliphatic rings. The first kappa shape index (κ1) is 15.8. The Bertz CT molecular complexity index is 825. The highest BCUT2D eigenvalue weighted by Gasteiger charge is 2.26. The number of anilines is 1. The maximum absolute atomic E-state index is 12.4. The smallest absolute Gasteiger partial charge is 0.329 e. The molecule has 0 radical (unpaired) electrons. The molecule has 0 spiro atoms. The van der Waals surface area contributed by atoms with Gasteiger partial charge >= 0.3 is 5.69 Å². The molecule has 3 rings (SSSR count). The van der Waals surface area contributed by atoms with Crippen LogP contribution in [0.25, 0.3) is 11.2 Å². The molecule has 3 heterocycles. The molecule has 0 unspecified atom stereocenters. The molecule has 8 heteroatoms. The molecule has 1 atom stereocenters. The minimum Gasteiger partial charge on any atom is -0.334 e. The number of hydrogen-bond donors (Lipinski definition) is 2. The van der Waals surface area contributed by atoms with Gasteiger partial charge in [0, 0.05) is 13.1 Å². The average molecular weight is 321 g/mol. The van der Waals surface area contributed by atoms with Gasteiger partial charge in [0.1, 0.15) is 0 Å². The third-order valence-corrected chi connectivity index (χ3v) is 4.86. The normalized spacial score (nSPS) is 17.8. The molecule has 0 aromatic carbocycles. The van der Waals surface area contributed by atoms with Crippen LogP contribution in [0.1, 0.15) is 26.3 Å². The van der Waals surface area contributed by atoms with Gasteiger partial charge in [0.25, 0.3) is 5.56 Å². The molecule has 8 nitrogen and oxygen atoms in total. The molecule has 2 aromatic heterocycles. The fourth-order valence-corrected chi connectivity index (χ4v) is 3.10. The summed E-state index contributed by atoms with van der Waals surface area (Å²) in [6, 6.07) is 0.139. The van der Waals surface area contributed by atoms with Gasteiger partial charge in [-0.1, -0.05) is 6.92 Å². The van der Waals surface area contributed by atoms with Crippen LogP contribution < -0.4 is 21.0 Å². The van der Waals surface area contributed by atoms with Crippen molar-refractivity contribution in [1.82, 2.24) is 19.1 Å². The number of imidazole rings is 1. The van der Waals surface area contributed by atoms with Crippen molar-refractivity contribution in [3.8, 4) is 0 Å². The fraction of sp³-hybridized carbons (Fsp3) is 0.667. The number of nitrogens with one attached hydrogen (secondary N) is 2.